The van der Waals surface area contributed by atoms with E-state index in [0.717, 1.165) is 6.04 Å². The van der Waals surface area contributed by atoms with E-state index in [1.54, 1.807) is 0 Å². The molecule has 2 aliphatic heterocycles. The van der Waals surface area contributed by atoms with Gasteiger partial charge in [0.25, 0.3) is 0 Å². The Morgan fingerprint density at radius 2 is 1.81 bits per heavy atom. The molecule has 0 spiro atoms. The van der Waals surface area contributed by atoms with E-state index in [4.69, 9.17) is 0 Å². The van der Waals surface area contributed by atoms with E-state index in [1.165, 1.54) is 58.5 Å². The van der Waals surface area contributed by atoms with Crippen molar-refractivity contribution in [2.24, 2.45) is 0 Å². The third-order valence-electron chi connectivity index (χ3n) is 4.26. The lowest BCUT2D eigenvalue weighted by Crippen LogP contribution is -2.45. The van der Waals surface area contributed by atoms with E-state index in [1.807, 2.05) is 0 Å². The molecule has 1 unspecified atom stereocenters. The summed E-state index contributed by atoms with van der Waals surface area (Å²) in [6.07, 6.45) is 4.07. The van der Waals surface area contributed by atoms with Crippen LogP contribution in [0.3, 0.4) is 0 Å². The van der Waals surface area contributed by atoms with Crippen LogP contribution in [0, 0.1) is 0 Å². The molecule has 2 heterocycles. The monoisotopic (exact) mass is 225 g/mol. The quantitative estimate of drug-likeness (QED) is 0.761. The molecule has 0 radical (unpaired) electrons. The number of nitrogens with one attached hydrogen (secondary N) is 1. The third kappa shape index (κ3) is 3.19. The Bertz CT molecular complexity index is 199. The van der Waals surface area contributed by atoms with E-state index in [2.05, 4.69) is 29.0 Å². The first-order valence-electron chi connectivity index (χ1n) is 6.99. The van der Waals surface area contributed by atoms with Crippen LogP contribution in [0.1, 0.15) is 33.1 Å². The minimum Gasteiger partial charge on any atom is -0.313 e. The second-order valence-electron chi connectivity index (χ2n) is 5.35. The molecule has 0 saturated carbocycles. The molecule has 0 bridgehead atoms. The number of hydrogen-bond acceptors (Lipinski definition) is 3. The minimum absolute atomic E-state index is 0.709. The van der Waals surface area contributed by atoms with E-state index in [-0.39, 0.29) is 0 Å². The van der Waals surface area contributed by atoms with Crippen molar-refractivity contribution in [3.8, 4) is 0 Å². The topological polar surface area (TPSA) is 18.5 Å². The van der Waals surface area contributed by atoms with Crippen molar-refractivity contribution in [1.29, 1.82) is 0 Å². The van der Waals surface area contributed by atoms with Crippen molar-refractivity contribution in [3.05, 3.63) is 0 Å². The number of piperidine rings is 1. The first-order chi connectivity index (χ1) is 7.79. The highest BCUT2D eigenvalue weighted by molar-refractivity contribution is 4.82. The van der Waals surface area contributed by atoms with Gasteiger partial charge in [-0.15, -0.1) is 0 Å². The molecule has 94 valence electrons. The molecule has 16 heavy (non-hydrogen) atoms. The Kier molecular flexibility index (Phi) is 4.62. The number of nitrogens with zero attached hydrogens (tertiary/aromatic N) is 2. The summed E-state index contributed by atoms with van der Waals surface area (Å²) in [4.78, 5) is 5.30. The average molecular weight is 225 g/mol. The summed E-state index contributed by atoms with van der Waals surface area (Å²) in [7, 11) is 0. The Labute approximate surface area is 100 Å². The number of likely N-dealkylation sites (tertiary alicyclic amines) is 1. The molecule has 0 aromatic heterocycles. The molecule has 1 atom stereocenters. The summed E-state index contributed by atoms with van der Waals surface area (Å²) < 4.78 is 0. The Balaban J connectivity index is 1.79. The summed E-state index contributed by atoms with van der Waals surface area (Å²) in [5, 5.41) is 3.58. The van der Waals surface area contributed by atoms with Gasteiger partial charge in [0.2, 0.25) is 0 Å². The van der Waals surface area contributed by atoms with Crippen LogP contribution in [0.4, 0.5) is 0 Å². The largest absolute Gasteiger partial charge is 0.313 e. The fourth-order valence-electron chi connectivity index (χ4n) is 2.99. The summed E-state index contributed by atoms with van der Waals surface area (Å²) in [5.74, 6) is 0. The van der Waals surface area contributed by atoms with E-state index >= 15 is 0 Å². The van der Waals surface area contributed by atoms with Gasteiger partial charge in [0.15, 0.2) is 0 Å². The van der Waals surface area contributed by atoms with E-state index in [0.29, 0.717) is 6.04 Å². The van der Waals surface area contributed by atoms with Gasteiger partial charge >= 0.3 is 0 Å². The van der Waals surface area contributed by atoms with E-state index < -0.39 is 0 Å². The van der Waals surface area contributed by atoms with Gasteiger partial charge in [-0.05, 0) is 52.4 Å². The van der Waals surface area contributed by atoms with Crippen molar-refractivity contribution >= 4 is 0 Å². The normalized spacial score (nSPS) is 31.5. The molecule has 0 aromatic rings. The number of rotatable bonds is 2. The van der Waals surface area contributed by atoms with Crippen LogP contribution in [-0.4, -0.2) is 61.2 Å². The highest BCUT2D eigenvalue weighted by atomic mass is 15.2. The zero-order chi connectivity index (χ0) is 11.4. The third-order valence-corrected chi connectivity index (χ3v) is 4.26. The fraction of sp³-hybridized carbons (Fsp3) is 1.00. The Morgan fingerprint density at radius 3 is 2.50 bits per heavy atom. The van der Waals surface area contributed by atoms with Crippen LogP contribution in [0.15, 0.2) is 0 Å². The van der Waals surface area contributed by atoms with Crippen LogP contribution < -0.4 is 5.32 Å². The standard InChI is InChI=1S/C13H27N3/c1-3-15-8-5-13(6-9-15)16-10-4-12(2)14-7-11-16/h12-14H,3-11H2,1-2H3. The van der Waals surface area contributed by atoms with Gasteiger partial charge in [0.05, 0.1) is 0 Å². The Hall–Kier alpha value is -0.120. The predicted octanol–water partition coefficient (Wildman–Crippen LogP) is 1.15. The molecule has 0 aromatic carbocycles. The highest BCUT2D eigenvalue weighted by Gasteiger charge is 2.25. The molecule has 0 aliphatic carbocycles. The van der Waals surface area contributed by atoms with Crippen LogP contribution in [0.25, 0.3) is 0 Å². The zero-order valence-corrected chi connectivity index (χ0v) is 10.9. The highest BCUT2D eigenvalue weighted by Crippen LogP contribution is 2.17. The van der Waals surface area contributed by atoms with Crippen LogP contribution in [0.5, 0.6) is 0 Å². The molecule has 2 rings (SSSR count). The summed E-state index contributed by atoms with van der Waals surface area (Å²) in [6.45, 7) is 12.1. The molecule has 3 nitrogen and oxygen atoms in total. The second kappa shape index (κ2) is 5.99. The van der Waals surface area contributed by atoms with Gasteiger partial charge < -0.3 is 10.2 Å². The van der Waals surface area contributed by atoms with Gasteiger partial charge in [-0.25, -0.2) is 0 Å². The minimum atomic E-state index is 0.709. The molecule has 1 N–H and O–H groups in total. The second-order valence-corrected chi connectivity index (χ2v) is 5.35. The van der Waals surface area contributed by atoms with Gasteiger partial charge in [-0.3, -0.25) is 4.90 Å². The molecule has 2 saturated heterocycles. The summed E-state index contributed by atoms with van der Waals surface area (Å²) >= 11 is 0. The van der Waals surface area contributed by atoms with Gasteiger partial charge in [0, 0.05) is 25.2 Å². The Morgan fingerprint density at radius 1 is 1.06 bits per heavy atom. The van der Waals surface area contributed by atoms with Crippen molar-refractivity contribution in [2.75, 3.05) is 39.3 Å². The van der Waals surface area contributed by atoms with Crippen LogP contribution in [0.2, 0.25) is 0 Å². The van der Waals surface area contributed by atoms with Crippen LogP contribution in [-0.2, 0) is 0 Å². The van der Waals surface area contributed by atoms with Gasteiger partial charge in [-0.1, -0.05) is 6.92 Å². The molecule has 3 heteroatoms. The molecular formula is C13H27N3. The smallest absolute Gasteiger partial charge is 0.0120 e. The molecule has 0 amide bonds. The van der Waals surface area contributed by atoms with E-state index in [9.17, 15) is 0 Å². The SMILES string of the molecule is CCN1CCC(N2CCNC(C)CC2)CC1. The lowest BCUT2D eigenvalue weighted by atomic mass is 10.0. The lowest BCUT2D eigenvalue weighted by Gasteiger charge is -2.37. The van der Waals surface area contributed by atoms with Crippen molar-refractivity contribution in [2.45, 2.75) is 45.2 Å². The lowest BCUT2D eigenvalue weighted by molar-refractivity contribution is 0.116. The first kappa shape index (κ1) is 12.3. The zero-order valence-electron chi connectivity index (χ0n) is 10.9. The average Bonchev–Trinajstić information content (AvgIpc) is 2.54. The van der Waals surface area contributed by atoms with Crippen molar-refractivity contribution in [3.63, 3.8) is 0 Å². The van der Waals surface area contributed by atoms with Crippen molar-refractivity contribution < 1.29 is 0 Å². The first-order valence-corrected chi connectivity index (χ1v) is 6.99. The summed E-state index contributed by atoms with van der Waals surface area (Å²) in [5.41, 5.74) is 0. The van der Waals surface area contributed by atoms with Crippen LogP contribution >= 0.6 is 0 Å². The van der Waals surface area contributed by atoms with Crippen molar-refractivity contribution in [1.82, 2.24) is 15.1 Å². The predicted molar refractivity (Wildman–Crippen MR) is 68.8 cm³/mol. The molecular weight excluding hydrogens is 198 g/mol. The number of hydrogen-bond donors (Lipinski definition) is 1. The van der Waals surface area contributed by atoms with Gasteiger partial charge in [0.1, 0.15) is 0 Å². The maximum atomic E-state index is 3.58. The fourth-order valence-corrected chi connectivity index (χ4v) is 2.99. The maximum Gasteiger partial charge on any atom is 0.0120 e. The maximum absolute atomic E-state index is 3.58. The molecule has 2 fully saturated rings. The van der Waals surface area contributed by atoms with Gasteiger partial charge in [-0.2, -0.15) is 0 Å². The summed E-state index contributed by atoms with van der Waals surface area (Å²) in [6, 6.07) is 1.57. The molecule has 2 aliphatic rings.